The molecular weight excluding hydrogens is 207 g/mol. The van der Waals surface area contributed by atoms with Crippen molar-refractivity contribution >= 4 is 23.2 Å². The van der Waals surface area contributed by atoms with Crippen molar-refractivity contribution in [3.8, 4) is 5.75 Å². The number of ether oxygens (including phenoxy) is 1. The van der Waals surface area contributed by atoms with Crippen LogP contribution >= 0.6 is 23.2 Å². The second-order valence-corrected chi connectivity index (χ2v) is 3.77. The first-order valence-electron chi connectivity index (χ1n) is 4.16. The molecule has 0 aliphatic rings. The maximum atomic E-state index is 5.72. The van der Waals surface area contributed by atoms with E-state index in [4.69, 9.17) is 27.9 Å². The van der Waals surface area contributed by atoms with E-state index in [0.29, 0.717) is 18.4 Å². The number of hydrogen-bond acceptors (Lipinski definition) is 1. The average Bonchev–Trinajstić information content (AvgIpc) is 2.16. The Hall–Kier alpha value is -0.400. The average molecular weight is 219 g/mol. The zero-order valence-corrected chi connectivity index (χ0v) is 8.98. The van der Waals surface area contributed by atoms with Crippen LogP contribution in [0, 0.1) is 5.92 Å². The summed E-state index contributed by atoms with van der Waals surface area (Å²) in [5.74, 6) is 1.83. The third-order valence-electron chi connectivity index (χ3n) is 1.61. The van der Waals surface area contributed by atoms with Crippen molar-refractivity contribution in [3.05, 3.63) is 29.3 Å². The molecule has 1 aromatic carbocycles. The highest BCUT2D eigenvalue weighted by Crippen LogP contribution is 2.16. The molecule has 0 aliphatic heterocycles. The van der Waals surface area contributed by atoms with Crippen LogP contribution in [0.15, 0.2) is 24.3 Å². The maximum absolute atomic E-state index is 5.72. The lowest BCUT2D eigenvalue weighted by molar-refractivity contribution is 0.273. The van der Waals surface area contributed by atoms with Gasteiger partial charge in [-0.15, -0.1) is 11.6 Å². The summed E-state index contributed by atoms with van der Waals surface area (Å²) in [5, 5.41) is 0.720. The van der Waals surface area contributed by atoms with Crippen molar-refractivity contribution in [2.45, 2.75) is 6.92 Å². The lowest BCUT2D eigenvalue weighted by atomic mass is 10.2. The Morgan fingerprint density at radius 3 is 2.46 bits per heavy atom. The molecule has 1 rings (SSSR count). The van der Waals surface area contributed by atoms with Gasteiger partial charge < -0.3 is 4.74 Å². The molecule has 72 valence electrons. The number of rotatable bonds is 4. The minimum absolute atomic E-state index is 0.373. The predicted molar refractivity (Wildman–Crippen MR) is 56.8 cm³/mol. The van der Waals surface area contributed by atoms with E-state index >= 15 is 0 Å². The van der Waals surface area contributed by atoms with Gasteiger partial charge in [0.25, 0.3) is 0 Å². The molecule has 0 bridgehead atoms. The molecule has 0 fully saturated rings. The van der Waals surface area contributed by atoms with Gasteiger partial charge in [0, 0.05) is 16.8 Å². The molecule has 3 heteroatoms. The van der Waals surface area contributed by atoms with Gasteiger partial charge in [0.15, 0.2) is 0 Å². The molecular formula is C10H12Cl2O. The van der Waals surface area contributed by atoms with Gasteiger partial charge >= 0.3 is 0 Å². The molecule has 1 atom stereocenters. The first kappa shape index (κ1) is 10.7. The second-order valence-electron chi connectivity index (χ2n) is 3.02. The lowest BCUT2D eigenvalue weighted by Crippen LogP contribution is -2.09. The molecule has 0 saturated carbocycles. The molecule has 0 spiro atoms. The van der Waals surface area contributed by atoms with Crippen LogP contribution in [0.1, 0.15) is 6.92 Å². The highest BCUT2D eigenvalue weighted by Gasteiger charge is 2.00. The fraction of sp³-hybridized carbons (Fsp3) is 0.400. The number of hydrogen-bond donors (Lipinski definition) is 0. The standard InChI is InChI=1S/C10H12Cl2O/c1-8(6-11)7-13-10-4-2-9(12)3-5-10/h2-5,8H,6-7H2,1H3. The predicted octanol–water partition coefficient (Wildman–Crippen LogP) is 3.59. The van der Waals surface area contributed by atoms with E-state index in [1.54, 1.807) is 0 Å². The molecule has 1 unspecified atom stereocenters. The van der Waals surface area contributed by atoms with Gasteiger partial charge in [-0.2, -0.15) is 0 Å². The fourth-order valence-corrected chi connectivity index (χ4v) is 1.03. The normalized spacial score (nSPS) is 12.5. The van der Waals surface area contributed by atoms with Crippen molar-refractivity contribution < 1.29 is 4.74 Å². The third-order valence-corrected chi connectivity index (χ3v) is 2.39. The summed E-state index contributed by atoms with van der Waals surface area (Å²) in [7, 11) is 0. The van der Waals surface area contributed by atoms with Gasteiger partial charge in [-0.3, -0.25) is 0 Å². The summed E-state index contributed by atoms with van der Waals surface area (Å²) >= 11 is 11.4. The van der Waals surface area contributed by atoms with Crippen LogP contribution < -0.4 is 4.74 Å². The molecule has 0 amide bonds. The van der Waals surface area contributed by atoms with Crippen LogP contribution in [-0.4, -0.2) is 12.5 Å². The first-order chi connectivity index (χ1) is 6.22. The smallest absolute Gasteiger partial charge is 0.119 e. The lowest BCUT2D eigenvalue weighted by Gasteiger charge is -2.09. The van der Waals surface area contributed by atoms with E-state index < -0.39 is 0 Å². The van der Waals surface area contributed by atoms with Crippen LogP contribution in [0.25, 0.3) is 0 Å². The highest BCUT2D eigenvalue weighted by atomic mass is 35.5. The quantitative estimate of drug-likeness (QED) is 0.703. The monoisotopic (exact) mass is 218 g/mol. The van der Waals surface area contributed by atoms with Crippen molar-refractivity contribution in [1.82, 2.24) is 0 Å². The van der Waals surface area contributed by atoms with Crippen molar-refractivity contribution in [1.29, 1.82) is 0 Å². The molecule has 0 saturated heterocycles. The Morgan fingerprint density at radius 1 is 1.31 bits per heavy atom. The van der Waals surface area contributed by atoms with Crippen LogP contribution in [0.3, 0.4) is 0 Å². The summed E-state index contributed by atoms with van der Waals surface area (Å²) in [5.41, 5.74) is 0. The largest absolute Gasteiger partial charge is 0.493 e. The van der Waals surface area contributed by atoms with Gasteiger partial charge in [-0.05, 0) is 24.3 Å². The van der Waals surface area contributed by atoms with E-state index in [0.717, 1.165) is 10.8 Å². The van der Waals surface area contributed by atoms with Gasteiger partial charge in [0.2, 0.25) is 0 Å². The SMILES string of the molecule is CC(CCl)COc1ccc(Cl)cc1. The van der Waals surface area contributed by atoms with Gasteiger partial charge in [0.05, 0.1) is 6.61 Å². The summed E-state index contributed by atoms with van der Waals surface area (Å²) in [6.45, 7) is 2.69. The van der Waals surface area contributed by atoms with Gasteiger partial charge in [-0.25, -0.2) is 0 Å². The molecule has 0 heterocycles. The number of alkyl halides is 1. The van der Waals surface area contributed by atoms with E-state index in [9.17, 15) is 0 Å². The minimum atomic E-state index is 0.373. The molecule has 1 nitrogen and oxygen atoms in total. The van der Waals surface area contributed by atoms with Crippen molar-refractivity contribution in [2.75, 3.05) is 12.5 Å². The van der Waals surface area contributed by atoms with Crippen molar-refractivity contribution in [2.24, 2.45) is 5.92 Å². The Labute approximate surface area is 88.6 Å². The van der Waals surface area contributed by atoms with Gasteiger partial charge in [-0.1, -0.05) is 18.5 Å². The summed E-state index contributed by atoms with van der Waals surface area (Å²) < 4.78 is 5.47. The molecule has 0 radical (unpaired) electrons. The van der Waals surface area contributed by atoms with Crippen LogP contribution in [-0.2, 0) is 0 Å². The Balaban J connectivity index is 2.41. The van der Waals surface area contributed by atoms with Crippen LogP contribution in [0.4, 0.5) is 0 Å². The maximum Gasteiger partial charge on any atom is 0.119 e. The Bertz CT molecular complexity index is 246. The zero-order chi connectivity index (χ0) is 9.68. The Morgan fingerprint density at radius 2 is 1.92 bits per heavy atom. The second kappa shape index (κ2) is 5.36. The molecule has 1 aromatic rings. The molecule has 0 aromatic heterocycles. The van der Waals surface area contributed by atoms with E-state index in [1.807, 2.05) is 31.2 Å². The molecule has 0 N–H and O–H groups in total. The first-order valence-corrected chi connectivity index (χ1v) is 5.08. The molecule has 13 heavy (non-hydrogen) atoms. The summed E-state index contributed by atoms with van der Waals surface area (Å²) in [6, 6.07) is 7.32. The number of halogens is 2. The van der Waals surface area contributed by atoms with E-state index in [-0.39, 0.29) is 0 Å². The number of benzene rings is 1. The topological polar surface area (TPSA) is 9.23 Å². The van der Waals surface area contributed by atoms with Crippen LogP contribution in [0.5, 0.6) is 5.75 Å². The summed E-state index contributed by atoms with van der Waals surface area (Å²) in [4.78, 5) is 0. The third kappa shape index (κ3) is 3.88. The summed E-state index contributed by atoms with van der Waals surface area (Å²) in [6.07, 6.45) is 0. The molecule has 0 aliphatic carbocycles. The Kier molecular flexibility index (Phi) is 4.40. The fourth-order valence-electron chi connectivity index (χ4n) is 0.814. The van der Waals surface area contributed by atoms with E-state index in [1.165, 1.54) is 0 Å². The minimum Gasteiger partial charge on any atom is -0.493 e. The van der Waals surface area contributed by atoms with Crippen molar-refractivity contribution in [3.63, 3.8) is 0 Å². The van der Waals surface area contributed by atoms with Gasteiger partial charge in [0.1, 0.15) is 5.75 Å². The highest BCUT2D eigenvalue weighted by molar-refractivity contribution is 6.30. The van der Waals surface area contributed by atoms with Crippen LogP contribution in [0.2, 0.25) is 5.02 Å². The zero-order valence-electron chi connectivity index (χ0n) is 7.47. The van der Waals surface area contributed by atoms with E-state index in [2.05, 4.69) is 0 Å².